The maximum atomic E-state index is 12.0. The molecule has 6 heteroatoms. The van der Waals surface area contributed by atoms with Crippen LogP contribution in [0.4, 0.5) is 4.79 Å². The number of carbonyl (C=O) groups excluding carboxylic acids is 2. The molecule has 0 radical (unpaired) electrons. The van der Waals surface area contributed by atoms with E-state index in [0.29, 0.717) is 32.7 Å². The Kier molecular flexibility index (Phi) is 7.06. The summed E-state index contributed by atoms with van der Waals surface area (Å²) in [4.78, 5) is 27.6. The lowest BCUT2D eigenvalue weighted by Gasteiger charge is -2.33. The van der Waals surface area contributed by atoms with E-state index in [1.807, 2.05) is 38.1 Å². The minimum Gasteiger partial charge on any atom is -0.450 e. The van der Waals surface area contributed by atoms with E-state index in [9.17, 15) is 9.59 Å². The third-order valence-electron chi connectivity index (χ3n) is 4.29. The Morgan fingerprint density at radius 3 is 2.54 bits per heavy atom. The molecule has 0 aliphatic carbocycles. The maximum Gasteiger partial charge on any atom is 0.409 e. The summed E-state index contributed by atoms with van der Waals surface area (Å²) in [7, 11) is 0. The second kappa shape index (κ2) is 9.27. The molecule has 0 aromatic heterocycles. The predicted octanol–water partition coefficient (Wildman–Crippen LogP) is 1.78. The number of ether oxygens (including phenoxy) is 1. The number of nitrogens with zero attached hydrogens (tertiary/aromatic N) is 2. The molecule has 1 N–H and O–H groups in total. The molecule has 1 aliphatic heterocycles. The molecule has 0 spiro atoms. The molecule has 1 heterocycles. The average molecular weight is 333 g/mol. The van der Waals surface area contributed by atoms with Crippen LogP contribution in [0, 0.1) is 6.92 Å². The number of rotatable bonds is 6. The van der Waals surface area contributed by atoms with Crippen LogP contribution in [0.3, 0.4) is 0 Å². The number of hydrogen-bond donors (Lipinski definition) is 1. The molecule has 1 aromatic carbocycles. The van der Waals surface area contributed by atoms with Gasteiger partial charge in [-0.25, -0.2) is 4.79 Å². The summed E-state index contributed by atoms with van der Waals surface area (Å²) in [5.41, 5.74) is 2.33. The third kappa shape index (κ3) is 5.53. The zero-order chi connectivity index (χ0) is 17.4. The molecule has 24 heavy (non-hydrogen) atoms. The lowest BCUT2D eigenvalue weighted by atomic mass is 10.1. The first kappa shape index (κ1) is 18.3. The molecule has 0 unspecified atom stereocenters. The number of nitrogens with one attached hydrogen (secondary N) is 1. The Hall–Kier alpha value is -2.08. The summed E-state index contributed by atoms with van der Waals surface area (Å²) in [6.45, 7) is 8.42. The summed E-state index contributed by atoms with van der Waals surface area (Å²) in [6, 6.07) is 8.06. The van der Waals surface area contributed by atoms with E-state index in [4.69, 9.17) is 4.74 Å². The van der Waals surface area contributed by atoms with Gasteiger partial charge in [-0.15, -0.1) is 0 Å². The van der Waals surface area contributed by atoms with Crippen LogP contribution in [0.15, 0.2) is 24.3 Å². The van der Waals surface area contributed by atoms with Gasteiger partial charge in [-0.3, -0.25) is 9.69 Å². The van der Waals surface area contributed by atoms with Crippen LogP contribution in [-0.4, -0.2) is 61.1 Å². The Balaban J connectivity index is 1.64. The predicted molar refractivity (Wildman–Crippen MR) is 92.7 cm³/mol. The largest absolute Gasteiger partial charge is 0.450 e. The Morgan fingerprint density at radius 2 is 1.88 bits per heavy atom. The summed E-state index contributed by atoms with van der Waals surface area (Å²) < 4.78 is 5.00. The normalized spacial score (nSPS) is 15.2. The molecule has 1 aliphatic rings. The Morgan fingerprint density at radius 1 is 1.17 bits per heavy atom. The lowest BCUT2D eigenvalue weighted by Crippen LogP contribution is -2.49. The fraction of sp³-hybridized carbons (Fsp3) is 0.556. The lowest BCUT2D eigenvalue weighted by molar-refractivity contribution is -0.121. The summed E-state index contributed by atoms with van der Waals surface area (Å²) in [5.74, 6) is 0.0612. The van der Waals surface area contributed by atoms with E-state index in [1.165, 1.54) is 5.56 Å². The summed E-state index contributed by atoms with van der Waals surface area (Å²) in [5, 5.41) is 2.97. The third-order valence-corrected chi connectivity index (χ3v) is 4.29. The molecule has 1 saturated heterocycles. The summed E-state index contributed by atoms with van der Waals surface area (Å²) >= 11 is 0. The van der Waals surface area contributed by atoms with E-state index < -0.39 is 0 Å². The van der Waals surface area contributed by atoms with Crippen LogP contribution >= 0.6 is 0 Å². The number of piperazine rings is 1. The van der Waals surface area contributed by atoms with Crippen LogP contribution in [-0.2, 0) is 16.1 Å². The highest BCUT2D eigenvalue weighted by molar-refractivity contribution is 5.76. The van der Waals surface area contributed by atoms with E-state index in [1.54, 1.807) is 4.90 Å². The van der Waals surface area contributed by atoms with Crippen LogP contribution in [0.1, 0.15) is 24.5 Å². The zero-order valence-corrected chi connectivity index (χ0v) is 14.6. The maximum absolute atomic E-state index is 12.0. The van der Waals surface area contributed by atoms with Crippen molar-refractivity contribution in [1.82, 2.24) is 15.1 Å². The van der Waals surface area contributed by atoms with Crippen LogP contribution in [0.25, 0.3) is 0 Å². The molecule has 0 atom stereocenters. The standard InChI is InChI=1S/C18H27N3O3/c1-3-24-18(23)21-12-10-20(11-13-21)9-8-17(22)19-14-16-7-5-4-6-15(16)2/h4-7H,3,8-14H2,1-2H3,(H,19,22). The second-order valence-electron chi connectivity index (χ2n) is 5.98. The van der Waals surface area contributed by atoms with E-state index in [-0.39, 0.29) is 12.0 Å². The quantitative estimate of drug-likeness (QED) is 0.862. The minimum absolute atomic E-state index is 0.0612. The Labute approximate surface area is 143 Å². The van der Waals surface area contributed by atoms with Gasteiger partial charge in [0, 0.05) is 45.7 Å². The van der Waals surface area contributed by atoms with Gasteiger partial charge in [0.1, 0.15) is 0 Å². The molecule has 6 nitrogen and oxygen atoms in total. The van der Waals surface area contributed by atoms with Gasteiger partial charge in [-0.05, 0) is 25.0 Å². The van der Waals surface area contributed by atoms with Crippen molar-refractivity contribution >= 4 is 12.0 Å². The van der Waals surface area contributed by atoms with Crippen molar-refractivity contribution in [3.05, 3.63) is 35.4 Å². The molecule has 1 fully saturated rings. The fourth-order valence-corrected chi connectivity index (χ4v) is 2.72. The molecule has 132 valence electrons. The van der Waals surface area contributed by atoms with E-state index in [2.05, 4.69) is 10.2 Å². The average Bonchev–Trinajstić information content (AvgIpc) is 2.60. The monoisotopic (exact) mass is 333 g/mol. The number of carbonyl (C=O) groups is 2. The SMILES string of the molecule is CCOC(=O)N1CCN(CCC(=O)NCc2ccccc2C)CC1. The molecule has 0 bridgehead atoms. The van der Waals surface area contributed by atoms with Gasteiger partial charge in [-0.2, -0.15) is 0 Å². The second-order valence-corrected chi connectivity index (χ2v) is 5.98. The van der Waals surface area contributed by atoms with Crippen LogP contribution in [0.2, 0.25) is 0 Å². The van der Waals surface area contributed by atoms with Crippen molar-refractivity contribution in [3.8, 4) is 0 Å². The molecule has 2 amide bonds. The number of benzene rings is 1. The molecular weight excluding hydrogens is 306 g/mol. The minimum atomic E-state index is -0.242. The highest BCUT2D eigenvalue weighted by Gasteiger charge is 2.21. The number of amides is 2. The smallest absolute Gasteiger partial charge is 0.409 e. The van der Waals surface area contributed by atoms with Gasteiger partial charge < -0.3 is 15.0 Å². The van der Waals surface area contributed by atoms with Crippen molar-refractivity contribution in [2.45, 2.75) is 26.8 Å². The van der Waals surface area contributed by atoms with Gasteiger partial charge in [-0.1, -0.05) is 24.3 Å². The number of aryl methyl sites for hydroxylation is 1. The van der Waals surface area contributed by atoms with Crippen LogP contribution < -0.4 is 5.32 Å². The van der Waals surface area contributed by atoms with Crippen molar-refractivity contribution in [1.29, 1.82) is 0 Å². The van der Waals surface area contributed by atoms with E-state index >= 15 is 0 Å². The molecule has 0 saturated carbocycles. The first-order valence-electron chi connectivity index (χ1n) is 8.55. The van der Waals surface area contributed by atoms with Crippen molar-refractivity contribution in [2.24, 2.45) is 0 Å². The van der Waals surface area contributed by atoms with E-state index in [0.717, 1.165) is 25.2 Å². The van der Waals surface area contributed by atoms with Gasteiger partial charge in [0.25, 0.3) is 0 Å². The van der Waals surface area contributed by atoms with Crippen molar-refractivity contribution in [3.63, 3.8) is 0 Å². The van der Waals surface area contributed by atoms with Gasteiger partial charge >= 0.3 is 6.09 Å². The highest BCUT2D eigenvalue weighted by atomic mass is 16.6. The Bertz CT molecular complexity index is 554. The first-order valence-corrected chi connectivity index (χ1v) is 8.55. The van der Waals surface area contributed by atoms with Crippen molar-refractivity contribution < 1.29 is 14.3 Å². The van der Waals surface area contributed by atoms with Gasteiger partial charge in [0.05, 0.1) is 6.61 Å². The molecular formula is C18H27N3O3. The van der Waals surface area contributed by atoms with Gasteiger partial charge in [0.15, 0.2) is 0 Å². The molecule has 1 aromatic rings. The summed E-state index contributed by atoms with van der Waals surface area (Å²) in [6.07, 6.45) is 0.235. The van der Waals surface area contributed by atoms with Gasteiger partial charge in [0.2, 0.25) is 5.91 Å². The molecule has 2 rings (SSSR count). The highest BCUT2D eigenvalue weighted by Crippen LogP contribution is 2.07. The first-order chi connectivity index (χ1) is 11.6. The van der Waals surface area contributed by atoms with Crippen molar-refractivity contribution in [2.75, 3.05) is 39.3 Å². The van der Waals surface area contributed by atoms with Crippen LogP contribution in [0.5, 0.6) is 0 Å². The topological polar surface area (TPSA) is 61.9 Å². The zero-order valence-electron chi connectivity index (χ0n) is 14.6. The number of hydrogen-bond acceptors (Lipinski definition) is 4. The fourth-order valence-electron chi connectivity index (χ4n) is 2.72.